The second-order valence-electron chi connectivity index (χ2n) is 9.52. The Bertz CT molecular complexity index is 837. The van der Waals surface area contributed by atoms with E-state index in [1.165, 1.54) is 36.3 Å². The van der Waals surface area contributed by atoms with Crippen LogP contribution in [0.1, 0.15) is 18.4 Å². The van der Waals surface area contributed by atoms with Crippen LogP contribution in [-0.4, -0.2) is 62.3 Å². The number of ether oxygens (including phenoxy) is 1. The SMILES string of the molecule is CN(C)C[C@H]1[C@@H]2CC[C@@]3(CN(Cc4ccc(N(C)c5ccccc5)cc4)C[C@@H]13)O2. The van der Waals surface area contributed by atoms with E-state index < -0.39 is 0 Å². The third-order valence-electron chi connectivity index (χ3n) is 7.30. The Morgan fingerprint density at radius 2 is 1.72 bits per heavy atom. The lowest BCUT2D eigenvalue weighted by Crippen LogP contribution is -2.40. The lowest BCUT2D eigenvalue weighted by atomic mass is 9.73. The van der Waals surface area contributed by atoms with Gasteiger partial charge in [-0.1, -0.05) is 30.3 Å². The predicted molar refractivity (Wildman–Crippen MR) is 119 cm³/mol. The van der Waals surface area contributed by atoms with Gasteiger partial charge in [0.25, 0.3) is 0 Å². The van der Waals surface area contributed by atoms with Gasteiger partial charge in [-0.25, -0.2) is 0 Å². The van der Waals surface area contributed by atoms with Crippen LogP contribution in [0.5, 0.6) is 0 Å². The van der Waals surface area contributed by atoms with Gasteiger partial charge in [-0.15, -0.1) is 0 Å². The largest absolute Gasteiger partial charge is 0.370 e. The van der Waals surface area contributed by atoms with Crippen molar-refractivity contribution in [3.63, 3.8) is 0 Å². The minimum Gasteiger partial charge on any atom is -0.370 e. The summed E-state index contributed by atoms with van der Waals surface area (Å²) in [5.41, 5.74) is 3.97. The minimum atomic E-state index is 0.138. The number of benzene rings is 2. The number of likely N-dealkylation sites (tertiary alicyclic amines) is 1. The molecule has 4 nitrogen and oxygen atoms in total. The first-order valence-electron chi connectivity index (χ1n) is 11.0. The van der Waals surface area contributed by atoms with Crippen LogP contribution in [0.25, 0.3) is 0 Å². The zero-order valence-corrected chi connectivity index (χ0v) is 17.9. The molecule has 5 rings (SSSR count). The van der Waals surface area contributed by atoms with E-state index in [0.29, 0.717) is 17.9 Å². The molecular weight excluding hydrogens is 358 g/mol. The van der Waals surface area contributed by atoms with E-state index in [4.69, 9.17) is 4.74 Å². The molecule has 29 heavy (non-hydrogen) atoms. The van der Waals surface area contributed by atoms with Crippen LogP contribution in [-0.2, 0) is 11.3 Å². The Hall–Kier alpha value is -1.88. The molecule has 3 aliphatic rings. The highest BCUT2D eigenvalue weighted by Gasteiger charge is 2.62. The lowest BCUT2D eigenvalue weighted by molar-refractivity contribution is 0.00145. The molecule has 2 aromatic rings. The van der Waals surface area contributed by atoms with Crippen molar-refractivity contribution in [2.24, 2.45) is 11.8 Å². The van der Waals surface area contributed by atoms with Gasteiger partial charge in [0, 0.05) is 56.4 Å². The molecule has 0 amide bonds. The van der Waals surface area contributed by atoms with Crippen LogP contribution in [0.2, 0.25) is 0 Å². The number of anilines is 2. The van der Waals surface area contributed by atoms with E-state index in [2.05, 4.69) is 90.4 Å². The first kappa shape index (κ1) is 19.1. The molecule has 3 heterocycles. The van der Waals surface area contributed by atoms with Crippen LogP contribution in [0.4, 0.5) is 11.4 Å². The minimum absolute atomic E-state index is 0.138. The number of rotatable bonds is 6. The van der Waals surface area contributed by atoms with Gasteiger partial charge >= 0.3 is 0 Å². The summed E-state index contributed by atoms with van der Waals surface area (Å²) in [6.45, 7) is 4.46. The summed E-state index contributed by atoms with van der Waals surface area (Å²) < 4.78 is 6.59. The highest BCUT2D eigenvalue weighted by molar-refractivity contribution is 5.62. The topological polar surface area (TPSA) is 19.0 Å². The van der Waals surface area contributed by atoms with Crippen LogP contribution >= 0.6 is 0 Å². The van der Waals surface area contributed by atoms with Crippen molar-refractivity contribution in [2.45, 2.75) is 31.1 Å². The Morgan fingerprint density at radius 1 is 1.00 bits per heavy atom. The molecule has 0 aromatic heterocycles. The van der Waals surface area contributed by atoms with Crippen molar-refractivity contribution in [3.05, 3.63) is 60.2 Å². The van der Waals surface area contributed by atoms with Gasteiger partial charge in [-0.2, -0.15) is 0 Å². The third-order valence-corrected chi connectivity index (χ3v) is 7.30. The Balaban J connectivity index is 1.25. The third kappa shape index (κ3) is 3.48. The van der Waals surface area contributed by atoms with E-state index in [0.717, 1.165) is 19.6 Å². The van der Waals surface area contributed by atoms with Crippen molar-refractivity contribution in [1.82, 2.24) is 9.80 Å². The van der Waals surface area contributed by atoms with Crippen molar-refractivity contribution < 1.29 is 4.74 Å². The van der Waals surface area contributed by atoms with Gasteiger partial charge in [0.05, 0.1) is 11.7 Å². The highest BCUT2D eigenvalue weighted by Crippen LogP contribution is 2.55. The van der Waals surface area contributed by atoms with Crippen LogP contribution in [0, 0.1) is 11.8 Å². The second kappa shape index (κ2) is 7.42. The molecule has 1 spiro atoms. The predicted octanol–water partition coefficient (Wildman–Crippen LogP) is 4.00. The average Bonchev–Trinajstić information content (AvgIpc) is 3.38. The molecule has 0 N–H and O–H groups in total. The fourth-order valence-electron chi connectivity index (χ4n) is 5.96. The number of hydrogen-bond donors (Lipinski definition) is 0. The van der Waals surface area contributed by atoms with Crippen molar-refractivity contribution in [2.75, 3.05) is 45.7 Å². The Labute approximate surface area is 175 Å². The van der Waals surface area contributed by atoms with Gasteiger partial charge in [0.2, 0.25) is 0 Å². The summed E-state index contributed by atoms with van der Waals surface area (Å²) in [5, 5.41) is 0. The molecule has 154 valence electrons. The fraction of sp³-hybridized carbons (Fsp3) is 0.520. The fourth-order valence-corrected chi connectivity index (χ4v) is 5.96. The standard InChI is InChI=1S/C25H33N3O/c1-26(2)16-22-23-17-28(18-25(23)14-13-24(22)29-25)15-19-9-11-21(12-10-19)27(3)20-7-5-4-6-8-20/h4-12,22-24H,13-18H2,1-3H3/t22-,23+,24+,25+/m1/s1. The van der Waals surface area contributed by atoms with Crippen molar-refractivity contribution in [3.8, 4) is 0 Å². The molecule has 4 atom stereocenters. The van der Waals surface area contributed by atoms with E-state index in [-0.39, 0.29) is 5.60 Å². The molecule has 4 heteroatoms. The van der Waals surface area contributed by atoms with Crippen molar-refractivity contribution >= 4 is 11.4 Å². The summed E-state index contributed by atoms with van der Waals surface area (Å²) in [6, 6.07) is 19.6. The molecule has 0 aliphatic carbocycles. The summed E-state index contributed by atoms with van der Waals surface area (Å²) in [4.78, 5) is 7.21. The Kier molecular flexibility index (Phi) is 4.89. The second-order valence-corrected chi connectivity index (χ2v) is 9.52. The zero-order valence-electron chi connectivity index (χ0n) is 17.9. The van der Waals surface area contributed by atoms with Gasteiger partial charge in [-0.3, -0.25) is 4.90 Å². The molecule has 3 saturated heterocycles. The quantitative estimate of drug-likeness (QED) is 0.741. The molecule has 0 radical (unpaired) electrons. The molecule has 2 bridgehead atoms. The first-order chi connectivity index (χ1) is 14.0. The normalized spacial score (nSPS) is 30.8. The van der Waals surface area contributed by atoms with E-state index in [1.54, 1.807) is 0 Å². The zero-order chi connectivity index (χ0) is 20.0. The Morgan fingerprint density at radius 3 is 2.45 bits per heavy atom. The summed E-state index contributed by atoms with van der Waals surface area (Å²) in [6.07, 6.45) is 3.00. The first-order valence-corrected chi connectivity index (χ1v) is 11.0. The molecule has 2 aromatic carbocycles. The van der Waals surface area contributed by atoms with Crippen LogP contribution < -0.4 is 4.90 Å². The van der Waals surface area contributed by atoms with E-state index in [1.807, 2.05) is 0 Å². The van der Waals surface area contributed by atoms with E-state index in [9.17, 15) is 0 Å². The molecule has 0 unspecified atom stereocenters. The maximum atomic E-state index is 6.59. The lowest BCUT2D eigenvalue weighted by Gasteiger charge is -2.31. The van der Waals surface area contributed by atoms with Gasteiger partial charge in [-0.05, 0) is 56.8 Å². The number of para-hydroxylation sites is 1. The van der Waals surface area contributed by atoms with Gasteiger partial charge < -0.3 is 14.5 Å². The van der Waals surface area contributed by atoms with Crippen LogP contribution in [0.3, 0.4) is 0 Å². The summed E-state index contributed by atoms with van der Waals surface area (Å²) in [5.74, 6) is 1.40. The van der Waals surface area contributed by atoms with Crippen LogP contribution in [0.15, 0.2) is 54.6 Å². The number of nitrogens with zero attached hydrogens (tertiary/aromatic N) is 3. The number of fused-ring (bicyclic) bond motifs is 1. The molecule has 0 saturated carbocycles. The average molecular weight is 392 g/mol. The van der Waals surface area contributed by atoms with Crippen molar-refractivity contribution in [1.29, 1.82) is 0 Å². The maximum absolute atomic E-state index is 6.59. The van der Waals surface area contributed by atoms with Gasteiger partial charge in [0.1, 0.15) is 0 Å². The molecule has 3 fully saturated rings. The van der Waals surface area contributed by atoms with Gasteiger partial charge in [0.15, 0.2) is 0 Å². The highest BCUT2D eigenvalue weighted by atomic mass is 16.5. The van der Waals surface area contributed by atoms with E-state index >= 15 is 0 Å². The smallest absolute Gasteiger partial charge is 0.0858 e. The monoisotopic (exact) mass is 391 g/mol. The summed E-state index contributed by atoms with van der Waals surface area (Å²) in [7, 11) is 6.52. The summed E-state index contributed by atoms with van der Waals surface area (Å²) >= 11 is 0. The number of hydrogen-bond acceptors (Lipinski definition) is 4. The molecular formula is C25H33N3O. The molecule has 3 aliphatic heterocycles. The maximum Gasteiger partial charge on any atom is 0.0858 e.